The maximum atomic E-state index is 12.2. The zero-order chi connectivity index (χ0) is 13.8. The van der Waals surface area contributed by atoms with Gasteiger partial charge in [0.05, 0.1) is 0 Å². The third kappa shape index (κ3) is 3.48. The largest absolute Gasteiger partial charge is 0.335 e. The zero-order valence-electron chi connectivity index (χ0n) is 12.2. The number of amides is 2. The van der Waals surface area contributed by atoms with Crippen molar-refractivity contribution in [3.05, 3.63) is 0 Å². The Morgan fingerprint density at radius 2 is 2.16 bits per heavy atom. The molecule has 0 radical (unpaired) electrons. The van der Waals surface area contributed by atoms with Gasteiger partial charge in [0.15, 0.2) is 0 Å². The molecule has 2 amide bonds. The molecule has 0 bridgehead atoms. The van der Waals surface area contributed by atoms with Crippen LogP contribution in [0.15, 0.2) is 0 Å². The lowest BCUT2D eigenvalue weighted by Gasteiger charge is -2.38. The average molecular weight is 266 g/mol. The van der Waals surface area contributed by atoms with E-state index in [0.717, 1.165) is 25.7 Å². The van der Waals surface area contributed by atoms with Crippen molar-refractivity contribution in [2.75, 3.05) is 0 Å². The molecule has 0 spiro atoms. The number of nitrogens with zero attached hydrogens (tertiary/aromatic N) is 1. The van der Waals surface area contributed by atoms with Crippen LogP contribution >= 0.6 is 0 Å². The molecule has 0 saturated carbocycles. The first kappa shape index (κ1) is 14.4. The maximum absolute atomic E-state index is 12.2. The molecule has 0 aromatic heterocycles. The number of rotatable bonds is 6. The number of ketones is 1. The molecule has 0 aliphatic carbocycles. The summed E-state index contributed by atoms with van der Waals surface area (Å²) in [5.41, 5.74) is 0. The number of unbranched alkanes of at least 4 members (excludes halogenated alkanes) is 2. The van der Waals surface area contributed by atoms with Crippen LogP contribution in [0.25, 0.3) is 0 Å². The van der Waals surface area contributed by atoms with Crippen molar-refractivity contribution in [2.24, 2.45) is 0 Å². The number of carbonyl (C=O) groups excluding carboxylic acids is 2. The van der Waals surface area contributed by atoms with Crippen LogP contribution in [0, 0.1) is 0 Å². The van der Waals surface area contributed by atoms with Gasteiger partial charge in [-0.25, -0.2) is 4.79 Å². The number of Topliss-reactive ketones (excluding diaryl/α,β-unsaturated/α-hetero) is 1. The van der Waals surface area contributed by atoms with Crippen molar-refractivity contribution in [3.8, 4) is 0 Å². The van der Waals surface area contributed by atoms with Crippen LogP contribution in [0.3, 0.4) is 0 Å². The lowest BCUT2D eigenvalue weighted by Crippen LogP contribution is -2.56. The Morgan fingerprint density at radius 3 is 2.84 bits per heavy atom. The molecule has 2 aliphatic rings. The van der Waals surface area contributed by atoms with E-state index in [1.54, 1.807) is 6.92 Å². The summed E-state index contributed by atoms with van der Waals surface area (Å²) < 4.78 is 0. The first-order valence-electron chi connectivity index (χ1n) is 7.70. The number of carbonyl (C=O) groups is 2. The van der Waals surface area contributed by atoms with E-state index in [9.17, 15) is 9.59 Å². The van der Waals surface area contributed by atoms with Gasteiger partial charge >= 0.3 is 6.03 Å². The minimum Gasteiger partial charge on any atom is -0.335 e. The summed E-state index contributed by atoms with van der Waals surface area (Å²) in [6, 6.07) is 0.904. The van der Waals surface area contributed by atoms with Crippen molar-refractivity contribution in [1.29, 1.82) is 0 Å². The van der Waals surface area contributed by atoms with Crippen molar-refractivity contribution in [3.63, 3.8) is 0 Å². The summed E-state index contributed by atoms with van der Waals surface area (Å²) >= 11 is 0. The molecule has 0 aromatic carbocycles. The van der Waals surface area contributed by atoms with Crippen LogP contribution in [0.2, 0.25) is 0 Å². The SMILES string of the molecule is CCCCC[C@H]1C[C@@H]2CC[C@H](CC(C)=O)N2C(=O)N1. The van der Waals surface area contributed by atoms with E-state index in [-0.39, 0.29) is 17.9 Å². The van der Waals surface area contributed by atoms with E-state index < -0.39 is 0 Å². The standard InChI is InChI=1S/C15H26N2O2/c1-3-4-5-6-12-10-14-8-7-13(9-11(2)18)17(14)15(19)16-12/h12-14H,3-10H2,1-2H3,(H,16,19)/t12-,13+,14-/m0/s1. The van der Waals surface area contributed by atoms with Gasteiger partial charge in [-0.3, -0.25) is 4.79 Å². The summed E-state index contributed by atoms with van der Waals surface area (Å²) in [5.74, 6) is 0.184. The van der Waals surface area contributed by atoms with Crippen molar-refractivity contribution in [1.82, 2.24) is 10.2 Å². The summed E-state index contributed by atoms with van der Waals surface area (Å²) in [5, 5.41) is 3.13. The highest BCUT2D eigenvalue weighted by Gasteiger charge is 2.41. The number of hydrogen-bond acceptors (Lipinski definition) is 2. The molecule has 4 nitrogen and oxygen atoms in total. The third-order valence-electron chi connectivity index (χ3n) is 4.42. The van der Waals surface area contributed by atoms with Gasteiger partial charge in [0, 0.05) is 24.5 Å². The second-order valence-corrected chi connectivity index (χ2v) is 6.08. The summed E-state index contributed by atoms with van der Waals surface area (Å²) in [6.45, 7) is 3.81. The van der Waals surface area contributed by atoms with Crippen LogP contribution < -0.4 is 5.32 Å². The summed E-state index contributed by atoms with van der Waals surface area (Å²) in [4.78, 5) is 25.4. The predicted molar refractivity (Wildman–Crippen MR) is 75.0 cm³/mol. The van der Waals surface area contributed by atoms with Crippen LogP contribution in [0.1, 0.15) is 65.2 Å². The third-order valence-corrected chi connectivity index (χ3v) is 4.42. The van der Waals surface area contributed by atoms with Gasteiger partial charge in [0.25, 0.3) is 0 Å². The molecule has 0 aromatic rings. The Hall–Kier alpha value is -1.06. The zero-order valence-corrected chi connectivity index (χ0v) is 12.2. The van der Waals surface area contributed by atoms with E-state index >= 15 is 0 Å². The molecular weight excluding hydrogens is 240 g/mol. The Morgan fingerprint density at radius 1 is 1.37 bits per heavy atom. The normalized spacial score (nSPS) is 30.1. The number of hydrogen-bond donors (Lipinski definition) is 1. The minimum atomic E-state index is 0.0569. The van der Waals surface area contributed by atoms with Crippen molar-refractivity contribution < 1.29 is 9.59 Å². The van der Waals surface area contributed by atoms with E-state index in [0.29, 0.717) is 18.5 Å². The highest BCUT2D eigenvalue weighted by Crippen LogP contribution is 2.32. The second-order valence-electron chi connectivity index (χ2n) is 6.08. The van der Waals surface area contributed by atoms with Crippen LogP contribution in [0.5, 0.6) is 0 Å². The number of urea groups is 1. The number of nitrogens with one attached hydrogen (secondary N) is 1. The van der Waals surface area contributed by atoms with E-state index in [4.69, 9.17) is 0 Å². The van der Waals surface area contributed by atoms with Gasteiger partial charge in [0.1, 0.15) is 5.78 Å². The molecule has 2 aliphatic heterocycles. The first-order chi connectivity index (χ1) is 9.11. The Bertz CT molecular complexity index is 343. The van der Waals surface area contributed by atoms with Crippen LogP contribution in [-0.4, -0.2) is 34.8 Å². The second kappa shape index (κ2) is 6.40. The van der Waals surface area contributed by atoms with E-state index in [1.165, 1.54) is 19.3 Å². The maximum Gasteiger partial charge on any atom is 0.318 e. The lowest BCUT2D eigenvalue weighted by atomic mass is 9.98. The molecule has 2 fully saturated rings. The van der Waals surface area contributed by atoms with E-state index in [1.807, 2.05) is 4.90 Å². The fourth-order valence-corrected chi connectivity index (χ4v) is 3.52. The highest BCUT2D eigenvalue weighted by atomic mass is 16.2. The van der Waals surface area contributed by atoms with Gasteiger partial charge in [0.2, 0.25) is 0 Å². The molecule has 19 heavy (non-hydrogen) atoms. The summed E-state index contributed by atoms with van der Waals surface area (Å²) in [6.07, 6.45) is 8.39. The molecule has 2 rings (SSSR count). The first-order valence-corrected chi connectivity index (χ1v) is 7.70. The molecule has 3 atom stereocenters. The van der Waals surface area contributed by atoms with Gasteiger partial charge in [-0.05, 0) is 32.6 Å². The molecule has 2 saturated heterocycles. The molecule has 4 heteroatoms. The predicted octanol–water partition coefficient (Wildman–Crippen LogP) is 2.86. The van der Waals surface area contributed by atoms with Gasteiger partial charge in [-0.15, -0.1) is 0 Å². The molecule has 2 heterocycles. The topological polar surface area (TPSA) is 49.4 Å². The molecule has 108 valence electrons. The quantitative estimate of drug-likeness (QED) is 0.751. The average Bonchev–Trinajstić information content (AvgIpc) is 2.72. The fraction of sp³-hybridized carbons (Fsp3) is 0.867. The lowest BCUT2D eigenvalue weighted by molar-refractivity contribution is -0.117. The minimum absolute atomic E-state index is 0.0569. The van der Waals surface area contributed by atoms with Gasteiger partial charge in [-0.2, -0.15) is 0 Å². The molecule has 1 N–H and O–H groups in total. The molecule has 0 unspecified atom stereocenters. The van der Waals surface area contributed by atoms with E-state index in [2.05, 4.69) is 12.2 Å². The monoisotopic (exact) mass is 266 g/mol. The Kier molecular flexibility index (Phi) is 4.83. The van der Waals surface area contributed by atoms with Crippen LogP contribution in [-0.2, 0) is 4.79 Å². The van der Waals surface area contributed by atoms with Crippen molar-refractivity contribution in [2.45, 2.75) is 83.3 Å². The number of fused-ring (bicyclic) bond motifs is 1. The van der Waals surface area contributed by atoms with Crippen LogP contribution in [0.4, 0.5) is 4.79 Å². The highest BCUT2D eigenvalue weighted by molar-refractivity contribution is 5.80. The fourth-order valence-electron chi connectivity index (χ4n) is 3.52. The Balaban J connectivity index is 1.89. The molecular formula is C15H26N2O2. The Labute approximate surface area is 115 Å². The van der Waals surface area contributed by atoms with Crippen molar-refractivity contribution >= 4 is 11.8 Å². The summed E-state index contributed by atoms with van der Waals surface area (Å²) in [7, 11) is 0. The van der Waals surface area contributed by atoms with Gasteiger partial charge in [-0.1, -0.05) is 26.2 Å². The van der Waals surface area contributed by atoms with Gasteiger partial charge < -0.3 is 10.2 Å². The smallest absolute Gasteiger partial charge is 0.318 e.